The maximum atomic E-state index is 11.8. The standard InChI is InChI=1S/C19H23NO3/c1-19(2,3)20-18(21)14-23-17-12-8-7-11-16(17)22-13-15-9-5-4-6-10-15/h4-12H,13-14H2,1-3H3,(H,20,21). The Morgan fingerprint density at radius 2 is 1.48 bits per heavy atom. The Morgan fingerprint density at radius 1 is 0.913 bits per heavy atom. The molecule has 2 rings (SSSR count). The van der Waals surface area contributed by atoms with E-state index >= 15 is 0 Å². The van der Waals surface area contributed by atoms with E-state index in [0.29, 0.717) is 18.1 Å². The number of rotatable bonds is 6. The van der Waals surface area contributed by atoms with Crippen LogP contribution in [-0.2, 0) is 11.4 Å². The number of carbonyl (C=O) groups is 1. The van der Waals surface area contributed by atoms with Crippen molar-refractivity contribution in [3.8, 4) is 11.5 Å². The molecule has 0 fully saturated rings. The lowest BCUT2D eigenvalue weighted by atomic mass is 10.1. The smallest absolute Gasteiger partial charge is 0.258 e. The summed E-state index contributed by atoms with van der Waals surface area (Å²) in [6.07, 6.45) is 0. The van der Waals surface area contributed by atoms with Crippen LogP contribution in [0.15, 0.2) is 54.6 Å². The number of amides is 1. The normalized spacial score (nSPS) is 10.9. The molecular weight excluding hydrogens is 290 g/mol. The van der Waals surface area contributed by atoms with Crippen LogP contribution in [0.1, 0.15) is 26.3 Å². The van der Waals surface area contributed by atoms with Gasteiger partial charge in [-0.25, -0.2) is 0 Å². The van der Waals surface area contributed by atoms with Gasteiger partial charge in [0.25, 0.3) is 5.91 Å². The average molecular weight is 313 g/mol. The molecule has 0 spiro atoms. The SMILES string of the molecule is CC(C)(C)NC(=O)COc1ccccc1OCc1ccccc1. The fourth-order valence-corrected chi connectivity index (χ4v) is 2.02. The number of nitrogens with one attached hydrogen (secondary N) is 1. The van der Waals surface area contributed by atoms with E-state index in [2.05, 4.69) is 5.32 Å². The predicted molar refractivity (Wildman–Crippen MR) is 90.6 cm³/mol. The molecular formula is C19H23NO3. The first-order chi connectivity index (χ1) is 10.9. The van der Waals surface area contributed by atoms with Crippen LogP contribution in [0, 0.1) is 0 Å². The van der Waals surface area contributed by atoms with E-state index in [4.69, 9.17) is 9.47 Å². The molecule has 1 N–H and O–H groups in total. The topological polar surface area (TPSA) is 47.6 Å². The lowest BCUT2D eigenvalue weighted by Crippen LogP contribution is -2.43. The fraction of sp³-hybridized carbons (Fsp3) is 0.316. The Balaban J connectivity index is 1.93. The Hall–Kier alpha value is -2.49. The second-order valence-electron chi connectivity index (χ2n) is 6.31. The van der Waals surface area contributed by atoms with Crippen molar-refractivity contribution in [2.75, 3.05) is 6.61 Å². The van der Waals surface area contributed by atoms with Crippen molar-refractivity contribution in [2.45, 2.75) is 32.9 Å². The van der Waals surface area contributed by atoms with E-state index in [9.17, 15) is 4.79 Å². The molecule has 0 aliphatic carbocycles. The van der Waals surface area contributed by atoms with E-state index in [0.717, 1.165) is 5.56 Å². The first kappa shape index (κ1) is 16.9. The second-order valence-corrected chi connectivity index (χ2v) is 6.31. The van der Waals surface area contributed by atoms with Gasteiger partial charge in [-0.15, -0.1) is 0 Å². The van der Waals surface area contributed by atoms with Crippen LogP contribution in [0.4, 0.5) is 0 Å². The maximum absolute atomic E-state index is 11.8. The highest BCUT2D eigenvalue weighted by molar-refractivity contribution is 5.78. The Labute approximate surface area is 137 Å². The number of hydrogen-bond donors (Lipinski definition) is 1. The number of benzene rings is 2. The van der Waals surface area contributed by atoms with Crippen molar-refractivity contribution < 1.29 is 14.3 Å². The largest absolute Gasteiger partial charge is 0.485 e. The molecule has 0 heterocycles. The molecule has 0 aromatic heterocycles. The highest BCUT2D eigenvalue weighted by atomic mass is 16.5. The summed E-state index contributed by atoms with van der Waals surface area (Å²) in [5.41, 5.74) is 0.803. The van der Waals surface area contributed by atoms with Crippen molar-refractivity contribution in [1.82, 2.24) is 5.32 Å². The van der Waals surface area contributed by atoms with Crippen molar-refractivity contribution in [2.24, 2.45) is 0 Å². The van der Waals surface area contributed by atoms with Gasteiger partial charge in [0.2, 0.25) is 0 Å². The minimum Gasteiger partial charge on any atom is -0.485 e. The van der Waals surface area contributed by atoms with E-state index < -0.39 is 0 Å². The predicted octanol–water partition coefficient (Wildman–Crippen LogP) is 3.56. The van der Waals surface area contributed by atoms with Crippen LogP contribution in [0.5, 0.6) is 11.5 Å². The van der Waals surface area contributed by atoms with Gasteiger partial charge in [0, 0.05) is 5.54 Å². The van der Waals surface area contributed by atoms with E-state index in [1.54, 1.807) is 6.07 Å². The van der Waals surface area contributed by atoms with E-state index in [-0.39, 0.29) is 18.1 Å². The molecule has 1 amide bonds. The summed E-state index contributed by atoms with van der Waals surface area (Å²) in [4.78, 5) is 11.8. The van der Waals surface area contributed by atoms with Gasteiger partial charge in [-0.3, -0.25) is 4.79 Å². The molecule has 2 aromatic rings. The zero-order valence-corrected chi connectivity index (χ0v) is 13.8. The maximum Gasteiger partial charge on any atom is 0.258 e. The minimum absolute atomic E-state index is 0.0387. The van der Waals surface area contributed by atoms with Gasteiger partial charge >= 0.3 is 0 Å². The Bertz CT molecular complexity index is 633. The number of carbonyl (C=O) groups excluding carboxylic acids is 1. The number of para-hydroxylation sites is 2. The van der Waals surface area contributed by atoms with Crippen molar-refractivity contribution >= 4 is 5.91 Å². The summed E-state index contributed by atoms with van der Waals surface area (Å²) in [6.45, 7) is 6.21. The monoisotopic (exact) mass is 313 g/mol. The minimum atomic E-state index is -0.274. The summed E-state index contributed by atoms with van der Waals surface area (Å²) in [6, 6.07) is 17.3. The zero-order valence-electron chi connectivity index (χ0n) is 13.8. The molecule has 0 bridgehead atoms. The Kier molecular flexibility index (Phi) is 5.63. The van der Waals surface area contributed by atoms with Crippen LogP contribution in [0.2, 0.25) is 0 Å². The lowest BCUT2D eigenvalue weighted by molar-refractivity contribution is -0.124. The van der Waals surface area contributed by atoms with Crippen LogP contribution < -0.4 is 14.8 Å². The van der Waals surface area contributed by atoms with Gasteiger partial charge in [0.05, 0.1) is 0 Å². The summed E-state index contributed by atoms with van der Waals surface area (Å²) in [5, 5.41) is 2.86. The molecule has 122 valence electrons. The van der Waals surface area contributed by atoms with Crippen LogP contribution in [0.25, 0.3) is 0 Å². The molecule has 0 saturated heterocycles. The molecule has 4 nitrogen and oxygen atoms in total. The number of ether oxygens (including phenoxy) is 2. The van der Waals surface area contributed by atoms with Crippen molar-refractivity contribution in [3.05, 3.63) is 60.2 Å². The number of hydrogen-bond acceptors (Lipinski definition) is 3. The van der Waals surface area contributed by atoms with Crippen molar-refractivity contribution in [3.63, 3.8) is 0 Å². The molecule has 0 radical (unpaired) electrons. The molecule has 0 aliphatic rings. The molecule has 0 unspecified atom stereocenters. The van der Waals surface area contributed by atoms with Gasteiger partial charge < -0.3 is 14.8 Å². The molecule has 2 aromatic carbocycles. The third-order valence-electron chi connectivity index (χ3n) is 2.96. The van der Waals surface area contributed by atoms with E-state index in [1.807, 2.05) is 69.3 Å². The van der Waals surface area contributed by atoms with Gasteiger partial charge in [-0.1, -0.05) is 42.5 Å². The van der Waals surface area contributed by atoms with Crippen LogP contribution >= 0.6 is 0 Å². The average Bonchev–Trinajstić information content (AvgIpc) is 2.51. The molecule has 0 aliphatic heterocycles. The van der Waals surface area contributed by atoms with Gasteiger partial charge in [-0.2, -0.15) is 0 Å². The third kappa shape index (κ3) is 6.02. The first-order valence-electron chi connectivity index (χ1n) is 7.63. The van der Waals surface area contributed by atoms with Crippen molar-refractivity contribution in [1.29, 1.82) is 0 Å². The zero-order chi connectivity index (χ0) is 16.7. The second kappa shape index (κ2) is 7.68. The fourth-order valence-electron chi connectivity index (χ4n) is 2.02. The highest BCUT2D eigenvalue weighted by Gasteiger charge is 2.14. The summed E-state index contributed by atoms with van der Waals surface area (Å²) in [7, 11) is 0. The summed E-state index contributed by atoms with van der Waals surface area (Å²) < 4.78 is 11.4. The summed E-state index contributed by atoms with van der Waals surface area (Å²) >= 11 is 0. The van der Waals surface area contributed by atoms with Gasteiger partial charge in [0.1, 0.15) is 6.61 Å². The van der Waals surface area contributed by atoms with Crippen LogP contribution in [0.3, 0.4) is 0 Å². The molecule has 0 saturated carbocycles. The van der Waals surface area contributed by atoms with Crippen LogP contribution in [-0.4, -0.2) is 18.1 Å². The lowest BCUT2D eigenvalue weighted by Gasteiger charge is -2.20. The molecule has 4 heteroatoms. The van der Waals surface area contributed by atoms with E-state index in [1.165, 1.54) is 0 Å². The third-order valence-corrected chi connectivity index (χ3v) is 2.96. The molecule has 0 atom stereocenters. The summed E-state index contributed by atoms with van der Waals surface area (Å²) in [5.74, 6) is 1.03. The molecule has 23 heavy (non-hydrogen) atoms. The first-order valence-corrected chi connectivity index (χ1v) is 7.63. The highest BCUT2D eigenvalue weighted by Crippen LogP contribution is 2.27. The van der Waals surface area contributed by atoms with Gasteiger partial charge in [-0.05, 0) is 38.5 Å². The Morgan fingerprint density at radius 3 is 2.09 bits per heavy atom. The van der Waals surface area contributed by atoms with Gasteiger partial charge in [0.15, 0.2) is 18.1 Å². The quantitative estimate of drug-likeness (QED) is 0.887.